The fourth-order valence-corrected chi connectivity index (χ4v) is 3.82. The lowest BCUT2D eigenvalue weighted by molar-refractivity contribution is 0.0953. The molecule has 0 bridgehead atoms. The van der Waals surface area contributed by atoms with Crippen LogP contribution in [0.5, 0.6) is 0 Å². The number of benzene rings is 2. The quantitative estimate of drug-likeness (QED) is 0.387. The van der Waals surface area contributed by atoms with Gasteiger partial charge in [-0.05, 0) is 42.8 Å². The molecule has 0 unspecified atom stereocenters. The number of pyridine rings is 2. The van der Waals surface area contributed by atoms with E-state index in [1.807, 2.05) is 48.5 Å². The zero-order chi connectivity index (χ0) is 22.2. The Morgan fingerprint density at radius 2 is 1.81 bits per heavy atom. The van der Waals surface area contributed by atoms with Crippen molar-refractivity contribution in [2.75, 3.05) is 19.6 Å². The van der Waals surface area contributed by atoms with Gasteiger partial charge in [0, 0.05) is 43.0 Å². The number of carbonyl (C=O) groups is 1. The first-order valence-electron chi connectivity index (χ1n) is 11.1. The van der Waals surface area contributed by atoms with E-state index in [1.54, 1.807) is 12.4 Å². The second kappa shape index (κ2) is 10.6. The van der Waals surface area contributed by atoms with Crippen molar-refractivity contribution in [1.29, 1.82) is 0 Å². The van der Waals surface area contributed by atoms with Gasteiger partial charge in [-0.2, -0.15) is 0 Å². The number of fused-ring (bicyclic) bond motifs is 1. The molecule has 0 radical (unpaired) electrons. The molecule has 4 aromatic rings. The van der Waals surface area contributed by atoms with Crippen LogP contribution in [0.3, 0.4) is 0 Å². The number of hydrogen-bond donors (Lipinski definition) is 1. The van der Waals surface area contributed by atoms with Gasteiger partial charge in [0.25, 0.3) is 5.91 Å². The SMILES string of the molecule is CCN(CCCNC(=O)c1cc(-c2cccnc2)nc2ccccc12)Cc1ccccc1. The Hall–Kier alpha value is -3.57. The van der Waals surface area contributed by atoms with E-state index in [4.69, 9.17) is 4.98 Å². The highest BCUT2D eigenvalue weighted by Crippen LogP contribution is 2.24. The molecule has 1 amide bonds. The Kier molecular flexibility index (Phi) is 7.20. The molecule has 0 aliphatic heterocycles. The first-order valence-corrected chi connectivity index (χ1v) is 11.1. The van der Waals surface area contributed by atoms with E-state index < -0.39 is 0 Å². The molecule has 0 saturated carbocycles. The molecule has 1 N–H and O–H groups in total. The first-order chi connectivity index (χ1) is 15.7. The third-order valence-electron chi connectivity index (χ3n) is 5.55. The van der Waals surface area contributed by atoms with Gasteiger partial charge in [0.1, 0.15) is 0 Å². The van der Waals surface area contributed by atoms with Crippen LogP contribution in [-0.4, -0.2) is 40.4 Å². The highest BCUT2D eigenvalue weighted by molar-refractivity contribution is 6.07. The summed E-state index contributed by atoms with van der Waals surface area (Å²) in [4.78, 5) is 24.4. The maximum Gasteiger partial charge on any atom is 0.252 e. The predicted octanol–water partition coefficient (Wildman–Crippen LogP) is 4.94. The summed E-state index contributed by atoms with van der Waals surface area (Å²) in [5.74, 6) is -0.0696. The number of hydrogen-bond acceptors (Lipinski definition) is 4. The lowest BCUT2D eigenvalue weighted by atomic mass is 10.0. The number of nitrogens with zero attached hydrogens (tertiary/aromatic N) is 3. The van der Waals surface area contributed by atoms with E-state index in [2.05, 4.69) is 46.4 Å². The number of rotatable bonds is 9. The van der Waals surface area contributed by atoms with Crippen molar-refractivity contribution >= 4 is 16.8 Å². The van der Waals surface area contributed by atoms with Gasteiger partial charge in [-0.3, -0.25) is 14.7 Å². The Balaban J connectivity index is 1.42. The molecule has 5 heteroatoms. The number of aromatic nitrogens is 2. The molecule has 0 fully saturated rings. The number of carbonyl (C=O) groups excluding carboxylic acids is 1. The van der Waals surface area contributed by atoms with Crippen molar-refractivity contribution in [3.05, 3.63) is 96.3 Å². The van der Waals surface area contributed by atoms with Gasteiger partial charge >= 0.3 is 0 Å². The fourth-order valence-electron chi connectivity index (χ4n) is 3.82. The van der Waals surface area contributed by atoms with Gasteiger partial charge in [-0.25, -0.2) is 4.98 Å². The molecule has 32 heavy (non-hydrogen) atoms. The van der Waals surface area contributed by atoms with Crippen molar-refractivity contribution in [3.63, 3.8) is 0 Å². The van der Waals surface area contributed by atoms with E-state index in [9.17, 15) is 4.79 Å². The lowest BCUT2D eigenvalue weighted by Gasteiger charge is -2.20. The summed E-state index contributed by atoms with van der Waals surface area (Å²) < 4.78 is 0. The fraction of sp³-hybridized carbons (Fsp3) is 0.222. The van der Waals surface area contributed by atoms with E-state index in [0.717, 1.165) is 48.2 Å². The van der Waals surface area contributed by atoms with Crippen molar-refractivity contribution in [2.45, 2.75) is 19.9 Å². The average molecular weight is 425 g/mol. The predicted molar refractivity (Wildman–Crippen MR) is 129 cm³/mol. The summed E-state index contributed by atoms with van der Waals surface area (Å²) in [7, 11) is 0. The highest BCUT2D eigenvalue weighted by atomic mass is 16.1. The number of nitrogens with one attached hydrogen (secondary N) is 1. The van der Waals surface area contributed by atoms with Crippen molar-refractivity contribution in [1.82, 2.24) is 20.2 Å². The van der Waals surface area contributed by atoms with Crippen molar-refractivity contribution in [2.24, 2.45) is 0 Å². The van der Waals surface area contributed by atoms with Crippen molar-refractivity contribution in [3.8, 4) is 11.3 Å². The van der Waals surface area contributed by atoms with E-state index in [-0.39, 0.29) is 5.91 Å². The van der Waals surface area contributed by atoms with Crippen LogP contribution in [0.15, 0.2) is 85.2 Å². The van der Waals surface area contributed by atoms with Gasteiger partial charge in [-0.15, -0.1) is 0 Å². The van der Waals surface area contributed by atoms with Crippen molar-refractivity contribution < 1.29 is 4.79 Å². The summed E-state index contributed by atoms with van der Waals surface area (Å²) in [5, 5.41) is 3.96. The van der Waals surface area contributed by atoms with Crippen LogP contribution >= 0.6 is 0 Å². The lowest BCUT2D eigenvalue weighted by Crippen LogP contribution is -2.30. The maximum atomic E-state index is 13.1. The van der Waals surface area contributed by atoms with Crippen LogP contribution in [0.2, 0.25) is 0 Å². The summed E-state index contributed by atoms with van der Waals surface area (Å²) in [6.45, 7) is 5.64. The third kappa shape index (κ3) is 5.37. The molecule has 0 aliphatic carbocycles. The normalized spacial score (nSPS) is 11.1. The van der Waals surface area contributed by atoms with Crippen LogP contribution in [0.25, 0.3) is 22.2 Å². The second-order valence-corrected chi connectivity index (χ2v) is 7.78. The van der Waals surface area contributed by atoms with Crippen LogP contribution in [0.4, 0.5) is 0 Å². The van der Waals surface area contributed by atoms with Gasteiger partial charge < -0.3 is 5.32 Å². The molecule has 2 aromatic carbocycles. The Morgan fingerprint density at radius 3 is 2.59 bits per heavy atom. The Labute approximate surface area is 189 Å². The molecule has 0 atom stereocenters. The second-order valence-electron chi connectivity index (χ2n) is 7.78. The van der Waals surface area contributed by atoms with E-state index in [0.29, 0.717) is 12.1 Å². The first kappa shape index (κ1) is 21.7. The summed E-state index contributed by atoms with van der Waals surface area (Å²) in [6.07, 6.45) is 4.39. The molecule has 2 heterocycles. The average Bonchev–Trinajstić information content (AvgIpc) is 2.86. The van der Waals surface area contributed by atoms with Crippen LogP contribution in [-0.2, 0) is 6.54 Å². The molecule has 0 aliphatic rings. The summed E-state index contributed by atoms with van der Waals surface area (Å²) >= 11 is 0. The molecular formula is C27H28N4O. The number of para-hydroxylation sites is 1. The topological polar surface area (TPSA) is 58.1 Å². The molecule has 4 rings (SSSR count). The van der Waals surface area contributed by atoms with Crippen LogP contribution < -0.4 is 5.32 Å². The largest absolute Gasteiger partial charge is 0.352 e. The molecular weight excluding hydrogens is 396 g/mol. The van der Waals surface area contributed by atoms with E-state index >= 15 is 0 Å². The molecule has 2 aromatic heterocycles. The van der Waals surface area contributed by atoms with Gasteiger partial charge in [0.2, 0.25) is 0 Å². The van der Waals surface area contributed by atoms with Gasteiger partial charge in [0.15, 0.2) is 0 Å². The maximum absolute atomic E-state index is 13.1. The Bertz CT molecular complexity index is 1160. The minimum absolute atomic E-state index is 0.0696. The van der Waals surface area contributed by atoms with Gasteiger partial charge in [-0.1, -0.05) is 55.5 Å². The molecule has 162 valence electrons. The zero-order valence-electron chi connectivity index (χ0n) is 18.4. The van der Waals surface area contributed by atoms with E-state index in [1.165, 1.54) is 5.56 Å². The number of amides is 1. The Morgan fingerprint density at radius 1 is 1.00 bits per heavy atom. The molecule has 0 saturated heterocycles. The van der Waals surface area contributed by atoms with Gasteiger partial charge in [0.05, 0.1) is 16.8 Å². The summed E-state index contributed by atoms with van der Waals surface area (Å²) in [6, 6.07) is 23.9. The van der Waals surface area contributed by atoms with Crippen LogP contribution in [0.1, 0.15) is 29.3 Å². The molecule has 0 spiro atoms. The minimum Gasteiger partial charge on any atom is -0.352 e. The third-order valence-corrected chi connectivity index (χ3v) is 5.55. The monoisotopic (exact) mass is 424 g/mol. The highest BCUT2D eigenvalue weighted by Gasteiger charge is 2.14. The van der Waals surface area contributed by atoms with Crippen LogP contribution in [0, 0.1) is 0 Å². The smallest absolute Gasteiger partial charge is 0.252 e. The standard InChI is InChI=1S/C27H28N4O/c1-2-31(20-21-10-4-3-5-11-21)17-9-16-29-27(32)24-18-26(22-12-8-15-28-19-22)30-25-14-7-6-13-23(24)25/h3-8,10-15,18-19H,2,9,16-17,20H2,1H3,(H,29,32). The minimum atomic E-state index is -0.0696. The summed E-state index contributed by atoms with van der Waals surface area (Å²) in [5.41, 5.74) is 4.41. The zero-order valence-corrected chi connectivity index (χ0v) is 18.4. The molecule has 5 nitrogen and oxygen atoms in total.